The molecule has 1 rings (SSSR count). The summed E-state index contributed by atoms with van der Waals surface area (Å²) in [6, 6.07) is 6.33. The Balaban J connectivity index is 3.05. The average molecular weight is 279 g/mol. The number of benzene rings is 1. The Morgan fingerprint density at radius 1 is 1.25 bits per heavy atom. The Morgan fingerprint density at radius 3 is 2.40 bits per heavy atom. The number of nitrogens with one attached hydrogen (secondary N) is 1. The average Bonchev–Trinajstić information content (AvgIpc) is 2.43. The minimum atomic E-state index is -0.571. The molecule has 0 spiro atoms. The second-order valence-corrected chi connectivity index (χ2v) is 5.94. The number of aliphatic hydroxyl groups excluding tert-OH is 1. The molecule has 1 aromatic carbocycles. The molecule has 0 aliphatic carbocycles. The zero-order valence-corrected chi connectivity index (χ0v) is 13.6. The van der Waals surface area contributed by atoms with Crippen LogP contribution < -0.4 is 10.1 Å². The third-order valence-electron chi connectivity index (χ3n) is 3.85. The van der Waals surface area contributed by atoms with Gasteiger partial charge in [-0.1, -0.05) is 32.4 Å². The maximum atomic E-state index is 10.8. The Hall–Kier alpha value is -1.06. The number of ether oxygens (including phenoxy) is 1. The van der Waals surface area contributed by atoms with E-state index in [0.717, 1.165) is 23.3 Å². The van der Waals surface area contributed by atoms with Crippen molar-refractivity contribution in [3.63, 3.8) is 0 Å². The highest BCUT2D eigenvalue weighted by Gasteiger charge is 2.27. The highest BCUT2D eigenvalue weighted by molar-refractivity contribution is 5.39. The van der Waals surface area contributed by atoms with E-state index in [1.165, 1.54) is 0 Å². The molecule has 20 heavy (non-hydrogen) atoms. The molecule has 3 atom stereocenters. The number of rotatable bonds is 7. The van der Waals surface area contributed by atoms with Crippen molar-refractivity contribution >= 4 is 0 Å². The van der Waals surface area contributed by atoms with E-state index in [0.29, 0.717) is 12.0 Å². The van der Waals surface area contributed by atoms with Crippen molar-refractivity contribution in [2.75, 3.05) is 7.11 Å². The fourth-order valence-electron chi connectivity index (χ4n) is 2.37. The first-order chi connectivity index (χ1) is 9.40. The van der Waals surface area contributed by atoms with Crippen LogP contribution in [0.15, 0.2) is 18.2 Å². The smallest absolute Gasteiger partial charge is 0.124 e. The molecule has 0 aliphatic rings. The first-order valence-electron chi connectivity index (χ1n) is 7.49. The van der Waals surface area contributed by atoms with Gasteiger partial charge in [0.15, 0.2) is 0 Å². The van der Waals surface area contributed by atoms with Gasteiger partial charge in [0.25, 0.3) is 0 Å². The number of hydrogen-bond donors (Lipinski definition) is 2. The third kappa shape index (κ3) is 4.22. The molecule has 0 amide bonds. The molecule has 0 saturated heterocycles. The van der Waals surface area contributed by atoms with Crippen molar-refractivity contribution in [2.24, 2.45) is 5.92 Å². The lowest BCUT2D eigenvalue weighted by Gasteiger charge is -2.31. The van der Waals surface area contributed by atoms with Crippen LogP contribution >= 0.6 is 0 Å². The fraction of sp³-hybridized carbons (Fsp3) is 0.647. The van der Waals surface area contributed by atoms with E-state index < -0.39 is 6.10 Å². The molecule has 0 radical (unpaired) electrons. The van der Waals surface area contributed by atoms with Gasteiger partial charge < -0.3 is 15.2 Å². The van der Waals surface area contributed by atoms with E-state index in [4.69, 9.17) is 4.74 Å². The lowest BCUT2D eigenvalue weighted by molar-refractivity contribution is 0.0961. The van der Waals surface area contributed by atoms with Gasteiger partial charge in [0.1, 0.15) is 5.75 Å². The quantitative estimate of drug-likeness (QED) is 0.803. The summed E-state index contributed by atoms with van der Waals surface area (Å²) in [4.78, 5) is 0. The monoisotopic (exact) mass is 279 g/mol. The van der Waals surface area contributed by atoms with Crippen LogP contribution in [0.25, 0.3) is 0 Å². The number of hydrogen-bond acceptors (Lipinski definition) is 3. The van der Waals surface area contributed by atoms with Crippen LogP contribution in [0.4, 0.5) is 0 Å². The minimum Gasteiger partial charge on any atom is -0.496 e. The van der Waals surface area contributed by atoms with Gasteiger partial charge in [-0.15, -0.1) is 0 Å². The van der Waals surface area contributed by atoms with Crippen LogP contribution in [0.5, 0.6) is 5.75 Å². The molecule has 0 heterocycles. The molecule has 0 fully saturated rings. The third-order valence-corrected chi connectivity index (χ3v) is 3.85. The topological polar surface area (TPSA) is 41.5 Å². The van der Waals surface area contributed by atoms with Crippen LogP contribution in [0, 0.1) is 12.8 Å². The zero-order valence-electron chi connectivity index (χ0n) is 13.6. The maximum Gasteiger partial charge on any atom is 0.124 e. The summed E-state index contributed by atoms with van der Waals surface area (Å²) in [5.74, 6) is 1.09. The van der Waals surface area contributed by atoms with Crippen molar-refractivity contribution in [1.82, 2.24) is 5.32 Å². The highest BCUT2D eigenvalue weighted by atomic mass is 16.5. The highest BCUT2D eigenvalue weighted by Crippen LogP contribution is 2.31. The van der Waals surface area contributed by atoms with E-state index in [9.17, 15) is 5.11 Å². The summed E-state index contributed by atoms with van der Waals surface area (Å²) in [6.45, 7) is 10.6. The van der Waals surface area contributed by atoms with Crippen LogP contribution in [-0.4, -0.2) is 24.3 Å². The summed E-state index contributed by atoms with van der Waals surface area (Å²) < 4.78 is 5.39. The summed E-state index contributed by atoms with van der Waals surface area (Å²) in [7, 11) is 1.65. The van der Waals surface area contributed by atoms with Crippen molar-refractivity contribution in [3.05, 3.63) is 29.3 Å². The standard InChI is InChI=1S/C17H29NO2/c1-7-13(5)18-16(11(2)3)17(19)14-10-12(4)8-9-15(14)20-6/h8-11,13,16-19H,7H2,1-6H3. The normalized spacial score (nSPS) is 16.0. The first kappa shape index (κ1) is 17.0. The Kier molecular flexibility index (Phi) is 6.50. The Bertz CT molecular complexity index is 417. The summed E-state index contributed by atoms with van der Waals surface area (Å²) in [6.07, 6.45) is 0.472. The van der Waals surface area contributed by atoms with Crippen molar-refractivity contribution in [2.45, 2.75) is 59.2 Å². The van der Waals surface area contributed by atoms with Gasteiger partial charge in [-0.2, -0.15) is 0 Å². The van der Waals surface area contributed by atoms with Crippen molar-refractivity contribution in [1.29, 1.82) is 0 Å². The van der Waals surface area contributed by atoms with Gasteiger partial charge in [0.2, 0.25) is 0 Å². The van der Waals surface area contributed by atoms with Crippen LogP contribution in [0.3, 0.4) is 0 Å². The largest absolute Gasteiger partial charge is 0.496 e. The summed E-state index contributed by atoms with van der Waals surface area (Å²) in [5, 5.41) is 14.3. The molecule has 114 valence electrons. The molecule has 0 aromatic heterocycles. The predicted octanol–water partition coefficient (Wildman–Crippen LogP) is 3.45. The van der Waals surface area contributed by atoms with Gasteiger partial charge in [0, 0.05) is 17.6 Å². The molecule has 3 unspecified atom stereocenters. The molecule has 3 heteroatoms. The molecule has 2 N–H and O–H groups in total. The van der Waals surface area contributed by atoms with E-state index >= 15 is 0 Å². The van der Waals surface area contributed by atoms with Gasteiger partial charge in [-0.3, -0.25) is 0 Å². The molecular formula is C17H29NO2. The van der Waals surface area contributed by atoms with Crippen LogP contribution in [0.1, 0.15) is 51.3 Å². The molecular weight excluding hydrogens is 250 g/mol. The Morgan fingerprint density at radius 2 is 1.90 bits per heavy atom. The van der Waals surface area contributed by atoms with E-state index in [1.807, 2.05) is 25.1 Å². The SMILES string of the molecule is CCC(C)NC(C(C)C)C(O)c1cc(C)ccc1OC. The maximum absolute atomic E-state index is 10.8. The van der Waals surface area contributed by atoms with Crippen molar-refractivity contribution < 1.29 is 9.84 Å². The lowest BCUT2D eigenvalue weighted by atomic mass is 9.91. The van der Waals surface area contributed by atoms with E-state index in [2.05, 4.69) is 33.0 Å². The zero-order chi connectivity index (χ0) is 15.3. The summed E-state index contributed by atoms with van der Waals surface area (Å²) >= 11 is 0. The van der Waals surface area contributed by atoms with Gasteiger partial charge >= 0.3 is 0 Å². The Labute approximate surface area is 123 Å². The number of methoxy groups -OCH3 is 1. The lowest BCUT2D eigenvalue weighted by Crippen LogP contribution is -2.44. The van der Waals surface area contributed by atoms with Gasteiger partial charge in [-0.05, 0) is 38.3 Å². The summed E-state index contributed by atoms with van der Waals surface area (Å²) in [5.41, 5.74) is 1.99. The molecule has 3 nitrogen and oxygen atoms in total. The minimum absolute atomic E-state index is 0.0145. The second-order valence-electron chi connectivity index (χ2n) is 5.94. The molecule has 0 bridgehead atoms. The van der Waals surface area contributed by atoms with Crippen LogP contribution in [-0.2, 0) is 0 Å². The van der Waals surface area contributed by atoms with E-state index in [1.54, 1.807) is 7.11 Å². The van der Waals surface area contributed by atoms with E-state index in [-0.39, 0.29) is 6.04 Å². The predicted molar refractivity (Wildman–Crippen MR) is 84.2 cm³/mol. The fourth-order valence-corrected chi connectivity index (χ4v) is 2.37. The van der Waals surface area contributed by atoms with Gasteiger partial charge in [0.05, 0.1) is 13.2 Å². The second kappa shape index (κ2) is 7.65. The van der Waals surface area contributed by atoms with Crippen LogP contribution in [0.2, 0.25) is 0 Å². The van der Waals surface area contributed by atoms with Gasteiger partial charge in [-0.25, -0.2) is 0 Å². The first-order valence-corrected chi connectivity index (χ1v) is 7.49. The number of aliphatic hydroxyl groups is 1. The molecule has 0 aliphatic heterocycles. The molecule has 1 aromatic rings. The number of aryl methyl sites for hydroxylation is 1. The molecule has 0 saturated carbocycles. The van der Waals surface area contributed by atoms with Crippen molar-refractivity contribution in [3.8, 4) is 5.75 Å².